The van der Waals surface area contributed by atoms with Crippen LogP contribution < -0.4 is 0 Å². The SMILES string of the molecule is Cc1cc(C(=O)N2C(C(=O)O)CSC2C2CC2)co1. The summed E-state index contributed by atoms with van der Waals surface area (Å²) in [5.74, 6) is 0.422. The highest BCUT2D eigenvalue weighted by Gasteiger charge is 2.48. The van der Waals surface area contributed by atoms with Gasteiger partial charge in [-0.2, -0.15) is 0 Å². The van der Waals surface area contributed by atoms with Gasteiger partial charge in [-0.05, 0) is 31.7 Å². The Bertz CT molecular complexity index is 522. The lowest BCUT2D eigenvalue weighted by atomic mass is 10.2. The highest BCUT2D eigenvalue weighted by Crippen LogP contribution is 2.45. The second-order valence-electron chi connectivity index (χ2n) is 5.07. The molecule has 19 heavy (non-hydrogen) atoms. The van der Waals surface area contributed by atoms with Gasteiger partial charge in [0.2, 0.25) is 0 Å². The molecule has 0 aromatic carbocycles. The first-order valence-corrected chi connectivity index (χ1v) is 7.35. The first kappa shape index (κ1) is 12.6. The number of hydrogen-bond donors (Lipinski definition) is 1. The summed E-state index contributed by atoms with van der Waals surface area (Å²) in [5, 5.41) is 9.28. The molecule has 2 fully saturated rings. The third-order valence-electron chi connectivity index (χ3n) is 3.56. The number of thioether (sulfide) groups is 1. The summed E-state index contributed by atoms with van der Waals surface area (Å²) < 4.78 is 5.15. The number of hydrogen-bond acceptors (Lipinski definition) is 4. The van der Waals surface area contributed by atoms with Crippen molar-refractivity contribution in [2.24, 2.45) is 5.92 Å². The van der Waals surface area contributed by atoms with Crippen LogP contribution in [-0.2, 0) is 4.79 Å². The Morgan fingerprint density at radius 1 is 1.47 bits per heavy atom. The zero-order chi connectivity index (χ0) is 13.6. The molecule has 0 radical (unpaired) electrons. The van der Waals surface area contributed by atoms with Crippen molar-refractivity contribution in [3.05, 3.63) is 23.7 Å². The van der Waals surface area contributed by atoms with Crippen LogP contribution in [0, 0.1) is 12.8 Å². The molecule has 1 amide bonds. The Kier molecular flexibility index (Phi) is 3.05. The first-order chi connectivity index (χ1) is 9.08. The third-order valence-corrected chi connectivity index (χ3v) is 5.02. The van der Waals surface area contributed by atoms with E-state index in [0.29, 0.717) is 23.0 Å². The quantitative estimate of drug-likeness (QED) is 0.917. The van der Waals surface area contributed by atoms with Gasteiger partial charge in [0.05, 0.1) is 10.9 Å². The van der Waals surface area contributed by atoms with Crippen LogP contribution in [0.1, 0.15) is 29.0 Å². The van der Waals surface area contributed by atoms with E-state index in [2.05, 4.69) is 0 Å². The maximum absolute atomic E-state index is 12.5. The third kappa shape index (κ3) is 2.25. The number of carboxylic acid groups (broad SMARTS) is 1. The van der Waals surface area contributed by atoms with Gasteiger partial charge < -0.3 is 14.4 Å². The molecule has 2 atom stereocenters. The van der Waals surface area contributed by atoms with Gasteiger partial charge in [0, 0.05) is 5.75 Å². The van der Waals surface area contributed by atoms with Crippen LogP contribution in [0.2, 0.25) is 0 Å². The summed E-state index contributed by atoms with van der Waals surface area (Å²) in [7, 11) is 0. The topological polar surface area (TPSA) is 70.8 Å². The van der Waals surface area contributed by atoms with Crippen LogP contribution in [0.3, 0.4) is 0 Å². The monoisotopic (exact) mass is 281 g/mol. The van der Waals surface area contributed by atoms with Gasteiger partial charge in [-0.15, -0.1) is 11.8 Å². The molecule has 1 aliphatic heterocycles. The molecule has 2 heterocycles. The molecular formula is C13H15NO4S. The van der Waals surface area contributed by atoms with Gasteiger partial charge in [0.1, 0.15) is 18.1 Å². The van der Waals surface area contributed by atoms with Gasteiger partial charge >= 0.3 is 5.97 Å². The highest BCUT2D eigenvalue weighted by molar-refractivity contribution is 8.00. The lowest BCUT2D eigenvalue weighted by Crippen LogP contribution is -2.46. The minimum absolute atomic E-state index is 0.00352. The smallest absolute Gasteiger partial charge is 0.327 e. The van der Waals surface area contributed by atoms with Crippen molar-refractivity contribution >= 4 is 23.6 Å². The number of carbonyl (C=O) groups is 2. The fourth-order valence-corrected chi connectivity index (χ4v) is 4.05. The molecule has 3 rings (SSSR count). The van der Waals surface area contributed by atoms with Crippen LogP contribution in [0.15, 0.2) is 16.7 Å². The van der Waals surface area contributed by atoms with Crippen molar-refractivity contribution in [1.82, 2.24) is 4.90 Å². The van der Waals surface area contributed by atoms with Crippen LogP contribution in [0.4, 0.5) is 0 Å². The van der Waals surface area contributed by atoms with E-state index in [1.807, 2.05) is 0 Å². The van der Waals surface area contributed by atoms with Gasteiger partial charge in [-0.1, -0.05) is 0 Å². The molecule has 102 valence electrons. The van der Waals surface area contributed by atoms with Crippen LogP contribution in [0.25, 0.3) is 0 Å². The Balaban J connectivity index is 1.88. The van der Waals surface area contributed by atoms with Crippen molar-refractivity contribution in [3.63, 3.8) is 0 Å². The summed E-state index contributed by atoms with van der Waals surface area (Å²) in [6.45, 7) is 1.77. The molecule has 1 aliphatic carbocycles. The molecule has 1 saturated heterocycles. The lowest BCUT2D eigenvalue weighted by Gasteiger charge is -2.26. The zero-order valence-corrected chi connectivity index (χ0v) is 11.4. The number of carboxylic acids is 1. The fourth-order valence-electron chi connectivity index (χ4n) is 2.42. The van der Waals surface area contributed by atoms with Crippen molar-refractivity contribution in [2.75, 3.05) is 5.75 Å². The molecule has 1 N–H and O–H groups in total. The largest absolute Gasteiger partial charge is 0.480 e. The highest BCUT2D eigenvalue weighted by atomic mass is 32.2. The number of aliphatic carboxylic acids is 1. The second kappa shape index (κ2) is 4.59. The van der Waals surface area contributed by atoms with Crippen LogP contribution in [-0.4, -0.2) is 39.1 Å². The molecule has 6 heteroatoms. The van der Waals surface area contributed by atoms with E-state index in [0.717, 1.165) is 12.8 Å². The average Bonchev–Trinajstić information content (AvgIpc) is 2.96. The summed E-state index contributed by atoms with van der Waals surface area (Å²) in [6, 6.07) is 0.937. The maximum atomic E-state index is 12.5. The summed E-state index contributed by atoms with van der Waals surface area (Å²) in [5.41, 5.74) is 0.442. The van der Waals surface area contributed by atoms with E-state index < -0.39 is 12.0 Å². The minimum atomic E-state index is -0.927. The van der Waals surface area contributed by atoms with Gasteiger partial charge in [-0.25, -0.2) is 4.79 Å². The molecule has 5 nitrogen and oxygen atoms in total. The van der Waals surface area contributed by atoms with Crippen LogP contribution >= 0.6 is 11.8 Å². The summed E-state index contributed by atoms with van der Waals surface area (Å²) in [4.78, 5) is 25.4. The number of amides is 1. The summed E-state index contributed by atoms with van der Waals surface area (Å²) in [6.07, 6.45) is 3.57. The first-order valence-electron chi connectivity index (χ1n) is 6.30. The van der Waals surface area contributed by atoms with E-state index in [1.165, 1.54) is 11.2 Å². The Morgan fingerprint density at radius 3 is 2.74 bits per heavy atom. The number of carbonyl (C=O) groups excluding carboxylic acids is 1. The minimum Gasteiger partial charge on any atom is -0.480 e. The molecule has 1 aromatic heterocycles. The summed E-state index contributed by atoms with van der Waals surface area (Å²) >= 11 is 1.58. The molecule has 0 bridgehead atoms. The van der Waals surface area contributed by atoms with E-state index in [1.54, 1.807) is 24.8 Å². The molecule has 1 aromatic rings. The van der Waals surface area contributed by atoms with Gasteiger partial charge in [0.15, 0.2) is 0 Å². The Hall–Kier alpha value is -1.43. The second-order valence-corrected chi connectivity index (χ2v) is 6.22. The van der Waals surface area contributed by atoms with E-state index in [-0.39, 0.29) is 11.3 Å². The maximum Gasteiger partial charge on any atom is 0.327 e. The molecule has 0 spiro atoms. The normalized spacial score (nSPS) is 26.7. The molecule has 2 aliphatic rings. The average molecular weight is 281 g/mol. The lowest BCUT2D eigenvalue weighted by molar-refractivity contribution is -0.141. The fraction of sp³-hybridized carbons (Fsp3) is 0.538. The Labute approximate surface area is 114 Å². The van der Waals surface area contributed by atoms with Crippen molar-refractivity contribution < 1.29 is 19.1 Å². The van der Waals surface area contributed by atoms with E-state index in [9.17, 15) is 14.7 Å². The predicted octanol–water partition coefficient (Wildman–Crippen LogP) is 1.97. The van der Waals surface area contributed by atoms with Crippen molar-refractivity contribution in [1.29, 1.82) is 0 Å². The number of nitrogens with zero attached hydrogens (tertiary/aromatic N) is 1. The molecular weight excluding hydrogens is 266 g/mol. The number of aryl methyl sites for hydroxylation is 1. The predicted molar refractivity (Wildman–Crippen MR) is 70.0 cm³/mol. The molecule has 2 unspecified atom stereocenters. The van der Waals surface area contributed by atoms with Gasteiger partial charge in [-0.3, -0.25) is 4.79 Å². The van der Waals surface area contributed by atoms with Gasteiger partial charge in [0.25, 0.3) is 5.91 Å². The number of rotatable bonds is 3. The molecule has 1 saturated carbocycles. The van der Waals surface area contributed by atoms with Crippen LogP contribution in [0.5, 0.6) is 0 Å². The van der Waals surface area contributed by atoms with E-state index in [4.69, 9.17) is 4.42 Å². The van der Waals surface area contributed by atoms with E-state index >= 15 is 0 Å². The van der Waals surface area contributed by atoms with Crippen molar-refractivity contribution in [2.45, 2.75) is 31.2 Å². The number of furan rings is 1. The zero-order valence-electron chi connectivity index (χ0n) is 10.5. The standard InChI is InChI=1S/C13H15NO4S/c1-7-4-9(5-18-7)11(15)14-10(13(16)17)6-19-12(14)8-2-3-8/h4-5,8,10,12H,2-3,6H2,1H3,(H,16,17). The Morgan fingerprint density at radius 2 is 2.21 bits per heavy atom. The van der Waals surface area contributed by atoms with Crippen molar-refractivity contribution in [3.8, 4) is 0 Å².